The number of hydrogen-bond donors (Lipinski definition) is 1. The molecule has 200 valence electrons. The number of piperidine rings is 3. The van der Waals surface area contributed by atoms with Gasteiger partial charge in [-0.15, -0.1) is 0 Å². The van der Waals surface area contributed by atoms with Crippen LogP contribution in [0.5, 0.6) is 5.75 Å². The average molecular weight is 517 g/mol. The molecule has 39 heavy (non-hydrogen) atoms. The molecular weight excluding hydrogens is 476 g/mol. The van der Waals surface area contributed by atoms with Crippen molar-refractivity contribution in [2.24, 2.45) is 5.92 Å². The fraction of sp³-hybridized carbons (Fsp3) is 0.333. The van der Waals surface area contributed by atoms with Crippen LogP contribution >= 0.6 is 0 Å². The van der Waals surface area contributed by atoms with Gasteiger partial charge < -0.3 is 10.1 Å². The van der Waals surface area contributed by atoms with E-state index in [1.54, 1.807) is 7.11 Å². The molecule has 5 atom stereocenters. The molecule has 4 aromatic rings. The van der Waals surface area contributed by atoms with E-state index in [1.807, 2.05) is 0 Å². The normalized spacial score (nSPS) is 24.1. The van der Waals surface area contributed by atoms with Crippen LogP contribution in [0.15, 0.2) is 115 Å². The van der Waals surface area contributed by atoms with Crippen molar-refractivity contribution in [2.75, 3.05) is 13.7 Å². The van der Waals surface area contributed by atoms with E-state index >= 15 is 0 Å². The number of aryl methyl sites for hydroxylation is 1. The van der Waals surface area contributed by atoms with Gasteiger partial charge in [-0.1, -0.05) is 109 Å². The number of hydrogen-bond acceptors (Lipinski definition) is 3. The molecule has 1 N–H and O–H groups in total. The Morgan fingerprint density at radius 2 is 1.41 bits per heavy atom. The Bertz CT molecular complexity index is 1270. The van der Waals surface area contributed by atoms with Crippen LogP contribution in [0.1, 0.15) is 47.4 Å². The fourth-order valence-electron chi connectivity index (χ4n) is 7.24. The monoisotopic (exact) mass is 516 g/mol. The molecule has 3 fully saturated rings. The lowest BCUT2D eigenvalue weighted by atomic mass is 9.67. The Labute approximate surface area is 233 Å². The summed E-state index contributed by atoms with van der Waals surface area (Å²) < 4.78 is 5.70. The standard InChI is InChI=1S/C36H40N2O/c1-39-33-20-12-11-19-31(33)26-37-35-30-23-24-38(32(25-30)22-21-27-13-5-2-6-14-27)36(35)34(28-15-7-3-8-16-28)29-17-9-4-10-18-29/h2-20,30,32,34-37H,21-26H2,1H3/t30-,32+,35-,36-/m1/s1. The van der Waals surface area contributed by atoms with Gasteiger partial charge in [-0.3, -0.25) is 4.90 Å². The van der Waals surface area contributed by atoms with Gasteiger partial charge >= 0.3 is 0 Å². The molecule has 0 saturated carbocycles. The van der Waals surface area contributed by atoms with Gasteiger partial charge in [0.25, 0.3) is 0 Å². The molecule has 3 nitrogen and oxygen atoms in total. The van der Waals surface area contributed by atoms with Crippen LogP contribution in [0, 0.1) is 5.92 Å². The zero-order valence-electron chi connectivity index (χ0n) is 23.0. The second kappa shape index (κ2) is 12.2. The van der Waals surface area contributed by atoms with Crippen molar-refractivity contribution in [1.82, 2.24) is 10.2 Å². The summed E-state index contributed by atoms with van der Waals surface area (Å²) in [7, 11) is 1.77. The Hall–Kier alpha value is -3.40. The Balaban J connectivity index is 1.34. The van der Waals surface area contributed by atoms with E-state index in [4.69, 9.17) is 4.74 Å². The molecule has 3 aliphatic rings. The fourth-order valence-corrected chi connectivity index (χ4v) is 7.24. The predicted octanol–water partition coefficient (Wildman–Crippen LogP) is 7.08. The van der Waals surface area contributed by atoms with Gasteiger partial charge in [0.05, 0.1) is 7.11 Å². The summed E-state index contributed by atoms with van der Waals surface area (Å²) in [4.78, 5) is 2.88. The third kappa shape index (κ3) is 5.66. The number of methoxy groups -OCH3 is 1. The van der Waals surface area contributed by atoms with Crippen molar-refractivity contribution in [3.8, 4) is 5.75 Å². The smallest absolute Gasteiger partial charge is 0.123 e. The van der Waals surface area contributed by atoms with Crippen molar-refractivity contribution in [2.45, 2.75) is 56.3 Å². The summed E-state index contributed by atoms with van der Waals surface area (Å²) in [5.74, 6) is 1.93. The Morgan fingerprint density at radius 1 is 0.795 bits per heavy atom. The number of ether oxygens (including phenoxy) is 1. The van der Waals surface area contributed by atoms with E-state index in [9.17, 15) is 0 Å². The van der Waals surface area contributed by atoms with Gasteiger partial charge in [0.1, 0.15) is 5.75 Å². The number of benzene rings is 4. The second-order valence-electron chi connectivity index (χ2n) is 11.2. The molecule has 2 bridgehead atoms. The minimum atomic E-state index is 0.310. The highest BCUT2D eigenvalue weighted by molar-refractivity contribution is 5.37. The zero-order chi connectivity index (χ0) is 26.4. The maximum atomic E-state index is 5.70. The van der Waals surface area contributed by atoms with Gasteiger partial charge in [-0.25, -0.2) is 0 Å². The largest absolute Gasteiger partial charge is 0.496 e. The third-order valence-electron chi connectivity index (χ3n) is 9.05. The molecule has 0 spiro atoms. The average Bonchev–Trinajstić information content (AvgIpc) is 3.01. The summed E-state index contributed by atoms with van der Waals surface area (Å²) in [6.07, 6.45) is 4.89. The van der Waals surface area contributed by atoms with Crippen LogP contribution in [0.4, 0.5) is 0 Å². The molecule has 1 unspecified atom stereocenters. The van der Waals surface area contributed by atoms with Crippen LogP contribution in [0.25, 0.3) is 0 Å². The van der Waals surface area contributed by atoms with E-state index in [0.717, 1.165) is 18.7 Å². The van der Waals surface area contributed by atoms with Crippen molar-refractivity contribution in [3.63, 3.8) is 0 Å². The predicted molar refractivity (Wildman–Crippen MR) is 160 cm³/mol. The quantitative estimate of drug-likeness (QED) is 0.244. The molecule has 0 amide bonds. The number of rotatable bonds is 10. The maximum absolute atomic E-state index is 5.70. The molecule has 3 heteroatoms. The van der Waals surface area contributed by atoms with Crippen LogP contribution in [0.2, 0.25) is 0 Å². The van der Waals surface area contributed by atoms with E-state index in [-0.39, 0.29) is 0 Å². The molecule has 7 rings (SSSR count). The van der Waals surface area contributed by atoms with Crippen LogP contribution < -0.4 is 10.1 Å². The van der Waals surface area contributed by atoms with E-state index in [0.29, 0.717) is 30.0 Å². The Morgan fingerprint density at radius 3 is 2.08 bits per heavy atom. The second-order valence-corrected chi connectivity index (χ2v) is 11.2. The molecular formula is C36H40N2O. The highest BCUT2D eigenvalue weighted by atomic mass is 16.5. The first-order valence-corrected chi connectivity index (χ1v) is 14.6. The minimum Gasteiger partial charge on any atom is -0.496 e. The molecule has 3 aliphatic heterocycles. The highest BCUT2D eigenvalue weighted by Gasteiger charge is 2.49. The summed E-state index contributed by atoms with van der Waals surface area (Å²) in [6.45, 7) is 2.00. The molecule has 0 radical (unpaired) electrons. The van der Waals surface area contributed by atoms with E-state index in [2.05, 4.69) is 125 Å². The van der Waals surface area contributed by atoms with Crippen molar-refractivity contribution >= 4 is 0 Å². The zero-order valence-corrected chi connectivity index (χ0v) is 23.0. The lowest BCUT2D eigenvalue weighted by molar-refractivity contribution is -0.0418. The van der Waals surface area contributed by atoms with Gasteiger partial charge in [0.2, 0.25) is 0 Å². The number of nitrogens with one attached hydrogen (secondary N) is 1. The van der Waals surface area contributed by atoms with Gasteiger partial charge in [0.15, 0.2) is 0 Å². The third-order valence-corrected chi connectivity index (χ3v) is 9.05. The first-order chi connectivity index (χ1) is 19.3. The van der Waals surface area contributed by atoms with Crippen molar-refractivity contribution in [3.05, 3.63) is 138 Å². The molecule has 0 aliphatic carbocycles. The summed E-state index contributed by atoms with van der Waals surface area (Å²) in [6, 6.07) is 43.2. The molecule has 3 saturated heterocycles. The molecule has 3 heterocycles. The summed E-state index contributed by atoms with van der Waals surface area (Å²) in [5, 5.41) is 4.09. The first kappa shape index (κ1) is 25.9. The molecule has 0 aromatic heterocycles. The first-order valence-electron chi connectivity index (χ1n) is 14.6. The summed E-state index contributed by atoms with van der Waals surface area (Å²) >= 11 is 0. The highest BCUT2D eigenvalue weighted by Crippen LogP contribution is 2.45. The van der Waals surface area contributed by atoms with E-state index in [1.165, 1.54) is 48.1 Å². The number of nitrogens with zero attached hydrogens (tertiary/aromatic N) is 1. The number of para-hydroxylation sites is 1. The lowest BCUT2D eigenvalue weighted by Gasteiger charge is -2.58. The van der Waals surface area contributed by atoms with Crippen LogP contribution in [-0.2, 0) is 13.0 Å². The van der Waals surface area contributed by atoms with Crippen molar-refractivity contribution < 1.29 is 4.74 Å². The van der Waals surface area contributed by atoms with Crippen LogP contribution in [-0.4, -0.2) is 36.7 Å². The SMILES string of the molecule is COc1ccccc1CN[C@@H]1[C@@H]2CCN([C@@H](CCc3ccccc3)C2)[C@@H]1C(c1ccccc1)c1ccccc1. The van der Waals surface area contributed by atoms with Crippen LogP contribution in [0.3, 0.4) is 0 Å². The van der Waals surface area contributed by atoms with Gasteiger partial charge in [0, 0.05) is 36.2 Å². The minimum absolute atomic E-state index is 0.310. The topological polar surface area (TPSA) is 24.5 Å². The van der Waals surface area contributed by atoms with Gasteiger partial charge in [-0.2, -0.15) is 0 Å². The maximum Gasteiger partial charge on any atom is 0.123 e. The lowest BCUT2D eigenvalue weighted by Crippen LogP contribution is -2.67. The van der Waals surface area contributed by atoms with Gasteiger partial charge in [-0.05, 0) is 60.9 Å². The van der Waals surface area contributed by atoms with Crippen molar-refractivity contribution in [1.29, 1.82) is 0 Å². The van der Waals surface area contributed by atoms with E-state index < -0.39 is 0 Å². The Kier molecular flexibility index (Phi) is 8.08. The number of fused-ring (bicyclic) bond motifs is 3. The summed E-state index contributed by atoms with van der Waals surface area (Å²) in [5.41, 5.74) is 5.50. The molecule has 4 aromatic carbocycles.